The maximum absolute atomic E-state index is 5.58. The van der Waals surface area contributed by atoms with Gasteiger partial charge < -0.3 is 11.1 Å². The molecule has 3 nitrogen and oxygen atoms in total. The van der Waals surface area contributed by atoms with Crippen LogP contribution >= 0.6 is 11.6 Å². The second-order valence-electron chi connectivity index (χ2n) is 1.82. The highest BCUT2D eigenvalue weighted by molar-refractivity contribution is 6.21. The van der Waals surface area contributed by atoms with E-state index in [1.807, 2.05) is 0 Å². The summed E-state index contributed by atoms with van der Waals surface area (Å²) in [5.74, 6) is 0.425. The van der Waals surface area contributed by atoms with Gasteiger partial charge in [0.05, 0.1) is 0 Å². The van der Waals surface area contributed by atoms with E-state index < -0.39 is 5.62 Å². The predicted molar refractivity (Wildman–Crippen MR) is 42.7 cm³/mol. The molecule has 1 unspecified atom stereocenters. The molecule has 3 N–H and O–H groups in total. The summed E-state index contributed by atoms with van der Waals surface area (Å²) in [6.45, 7) is 3.55. The first-order chi connectivity index (χ1) is 4.74. The van der Waals surface area contributed by atoms with E-state index in [0.717, 1.165) is 5.57 Å². The van der Waals surface area contributed by atoms with Crippen LogP contribution in [0.2, 0.25) is 0 Å². The van der Waals surface area contributed by atoms with Gasteiger partial charge in [-0.2, -0.15) is 0 Å². The zero-order valence-electron chi connectivity index (χ0n) is 5.34. The lowest BCUT2D eigenvalue weighted by atomic mass is 10.2. The molecule has 1 heterocycles. The first kappa shape index (κ1) is 7.15. The number of hydrogen-bond acceptors (Lipinski definition) is 3. The number of nitrogens with zero attached hydrogens (tertiary/aromatic N) is 1. The number of aliphatic imine (C=N–C) groups is 1. The molecular weight excluding hydrogens is 150 g/mol. The minimum Gasteiger partial charge on any atom is -0.383 e. The summed E-state index contributed by atoms with van der Waals surface area (Å²) in [5.41, 5.74) is 5.80. The highest BCUT2D eigenvalue weighted by Gasteiger charge is 2.07. The van der Waals surface area contributed by atoms with Crippen molar-refractivity contribution in [2.24, 2.45) is 10.7 Å². The zero-order valence-corrected chi connectivity index (χ0v) is 6.10. The van der Waals surface area contributed by atoms with Crippen molar-refractivity contribution >= 4 is 17.4 Å². The summed E-state index contributed by atoms with van der Waals surface area (Å²) in [6.07, 6.45) is 3.31. The van der Waals surface area contributed by atoms with Gasteiger partial charge in [0.15, 0.2) is 5.62 Å². The number of nitrogens with two attached hydrogens (primary N) is 1. The quantitative estimate of drug-likeness (QED) is 0.431. The van der Waals surface area contributed by atoms with Crippen LogP contribution in [-0.2, 0) is 0 Å². The average molecular weight is 158 g/mol. The molecule has 54 valence electrons. The molecule has 1 aliphatic heterocycles. The molecule has 0 spiro atoms. The monoisotopic (exact) mass is 157 g/mol. The molecule has 0 saturated carbocycles. The summed E-state index contributed by atoms with van der Waals surface area (Å²) in [7, 11) is 0. The molecule has 0 amide bonds. The molecule has 0 aliphatic carbocycles. The van der Waals surface area contributed by atoms with Crippen LogP contribution in [0, 0.1) is 0 Å². The average Bonchev–Trinajstić information content (AvgIpc) is 1.88. The van der Waals surface area contributed by atoms with E-state index in [2.05, 4.69) is 16.9 Å². The van der Waals surface area contributed by atoms with Crippen molar-refractivity contribution in [3.05, 3.63) is 24.4 Å². The van der Waals surface area contributed by atoms with Crippen molar-refractivity contribution < 1.29 is 0 Å². The summed E-state index contributed by atoms with van der Waals surface area (Å²) < 4.78 is 0. The Labute approximate surface area is 64.3 Å². The van der Waals surface area contributed by atoms with Gasteiger partial charge in [-0.1, -0.05) is 24.3 Å². The van der Waals surface area contributed by atoms with E-state index in [9.17, 15) is 0 Å². The first-order valence-corrected chi connectivity index (χ1v) is 3.24. The van der Waals surface area contributed by atoms with E-state index in [4.69, 9.17) is 17.3 Å². The van der Waals surface area contributed by atoms with Crippen LogP contribution in [0.1, 0.15) is 0 Å². The molecule has 0 aromatic heterocycles. The van der Waals surface area contributed by atoms with Crippen LogP contribution in [0.25, 0.3) is 0 Å². The molecule has 10 heavy (non-hydrogen) atoms. The smallest absolute Gasteiger partial charge is 0.197 e. The third-order valence-electron chi connectivity index (χ3n) is 1.14. The number of nitrogens with one attached hydrogen (secondary N) is 1. The van der Waals surface area contributed by atoms with Crippen molar-refractivity contribution in [2.45, 2.75) is 5.62 Å². The molecule has 0 bridgehead atoms. The fourth-order valence-corrected chi connectivity index (χ4v) is 0.798. The Morgan fingerprint density at radius 2 is 2.60 bits per heavy atom. The SMILES string of the molecule is C=CC1=CNC(Cl)N=C1N. The van der Waals surface area contributed by atoms with Crippen LogP contribution in [0.5, 0.6) is 0 Å². The topological polar surface area (TPSA) is 50.4 Å². The highest BCUT2D eigenvalue weighted by Crippen LogP contribution is 2.04. The lowest BCUT2D eigenvalue weighted by Crippen LogP contribution is -2.28. The van der Waals surface area contributed by atoms with Crippen LogP contribution in [0.3, 0.4) is 0 Å². The fourth-order valence-electron chi connectivity index (χ4n) is 0.630. The molecule has 4 heteroatoms. The summed E-state index contributed by atoms with van der Waals surface area (Å²) in [4.78, 5) is 3.84. The third kappa shape index (κ3) is 1.30. The zero-order chi connectivity index (χ0) is 7.56. The van der Waals surface area contributed by atoms with E-state index in [0.29, 0.717) is 5.84 Å². The molecule has 0 aromatic carbocycles. The van der Waals surface area contributed by atoms with Gasteiger partial charge in [0.25, 0.3) is 0 Å². The van der Waals surface area contributed by atoms with Gasteiger partial charge in [-0.3, -0.25) is 0 Å². The molecule has 1 aliphatic rings. The number of rotatable bonds is 1. The van der Waals surface area contributed by atoms with Crippen molar-refractivity contribution in [2.75, 3.05) is 0 Å². The van der Waals surface area contributed by atoms with Crippen LogP contribution < -0.4 is 11.1 Å². The van der Waals surface area contributed by atoms with Gasteiger partial charge in [-0.15, -0.1) is 0 Å². The van der Waals surface area contributed by atoms with Crippen molar-refractivity contribution in [1.82, 2.24) is 5.32 Å². The maximum Gasteiger partial charge on any atom is 0.197 e. The standard InChI is InChI=1S/C6H8ClN3/c1-2-4-3-9-6(7)10-5(4)8/h2-3,6,9H,1H2,(H2,8,10). The minimum absolute atomic E-state index is 0.425. The second-order valence-corrected chi connectivity index (χ2v) is 2.23. The number of alkyl halides is 1. The minimum atomic E-state index is -0.441. The normalized spacial score (nSPS) is 24.3. The number of amidine groups is 1. The first-order valence-electron chi connectivity index (χ1n) is 2.80. The largest absolute Gasteiger partial charge is 0.383 e. The fraction of sp³-hybridized carbons (Fsp3) is 0.167. The van der Waals surface area contributed by atoms with Gasteiger partial charge in [0, 0.05) is 11.8 Å². The molecule has 0 saturated heterocycles. The predicted octanol–water partition coefficient (Wildman–Crippen LogP) is 0.539. The van der Waals surface area contributed by atoms with Gasteiger partial charge in [-0.05, 0) is 0 Å². The van der Waals surface area contributed by atoms with Gasteiger partial charge in [0.2, 0.25) is 0 Å². The summed E-state index contributed by atoms with van der Waals surface area (Å²) in [6, 6.07) is 0. The Hall–Kier alpha value is -0.960. The van der Waals surface area contributed by atoms with E-state index >= 15 is 0 Å². The Morgan fingerprint density at radius 3 is 3.10 bits per heavy atom. The highest BCUT2D eigenvalue weighted by atomic mass is 35.5. The molecule has 0 fully saturated rings. The molecule has 1 atom stereocenters. The van der Waals surface area contributed by atoms with E-state index in [-0.39, 0.29) is 0 Å². The van der Waals surface area contributed by atoms with E-state index in [1.54, 1.807) is 12.3 Å². The Balaban J connectivity index is 2.81. The van der Waals surface area contributed by atoms with Crippen LogP contribution in [0.4, 0.5) is 0 Å². The van der Waals surface area contributed by atoms with E-state index in [1.165, 1.54) is 0 Å². The van der Waals surface area contributed by atoms with Crippen molar-refractivity contribution in [3.8, 4) is 0 Å². The molecule has 0 aromatic rings. The maximum atomic E-state index is 5.58. The Morgan fingerprint density at radius 1 is 1.90 bits per heavy atom. The Bertz CT molecular complexity index is 207. The van der Waals surface area contributed by atoms with Crippen molar-refractivity contribution in [3.63, 3.8) is 0 Å². The summed E-state index contributed by atoms with van der Waals surface area (Å²) >= 11 is 5.58. The molecule has 0 radical (unpaired) electrons. The van der Waals surface area contributed by atoms with Gasteiger partial charge in [0.1, 0.15) is 5.84 Å². The number of hydrogen-bond donors (Lipinski definition) is 2. The third-order valence-corrected chi connectivity index (χ3v) is 1.37. The second kappa shape index (κ2) is 2.75. The van der Waals surface area contributed by atoms with Gasteiger partial charge >= 0.3 is 0 Å². The number of halogens is 1. The molecular formula is C6H8ClN3. The van der Waals surface area contributed by atoms with Gasteiger partial charge in [-0.25, -0.2) is 4.99 Å². The lowest BCUT2D eigenvalue weighted by molar-refractivity contribution is 0.793. The summed E-state index contributed by atoms with van der Waals surface area (Å²) in [5, 5.41) is 2.78. The van der Waals surface area contributed by atoms with Crippen LogP contribution in [-0.4, -0.2) is 11.5 Å². The molecule has 1 rings (SSSR count). The lowest BCUT2D eigenvalue weighted by Gasteiger charge is -2.13. The van der Waals surface area contributed by atoms with Crippen molar-refractivity contribution in [1.29, 1.82) is 0 Å². The Kier molecular flexibility index (Phi) is 1.97. The van der Waals surface area contributed by atoms with Crippen LogP contribution in [0.15, 0.2) is 29.4 Å².